The number of piperazine rings is 1. The first-order valence-electron chi connectivity index (χ1n) is 7.14. The second kappa shape index (κ2) is 5.51. The van der Waals surface area contributed by atoms with Crippen LogP contribution in [0.3, 0.4) is 0 Å². The summed E-state index contributed by atoms with van der Waals surface area (Å²) in [6.07, 6.45) is 3.82. The predicted molar refractivity (Wildman–Crippen MR) is 82.4 cm³/mol. The van der Waals surface area contributed by atoms with Crippen molar-refractivity contribution in [3.8, 4) is 0 Å². The molecule has 1 heterocycles. The van der Waals surface area contributed by atoms with Crippen LogP contribution in [0, 0.1) is 5.92 Å². The van der Waals surface area contributed by atoms with Gasteiger partial charge in [0.15, 0.2) is 0 Å². The molecule has 3 rings (SSSR count). The van der Waals surface area contributed by atoms with Gasteiger partial charge >= 0.3 is 0 Å². The average Bonchev–Trinajstić information content (AvgIpc) is 3.23. The molecule has 0 aromatic heterocycles. The van der Waals surface area contributed by atoms with Crippen molar-refractivity contribution in [2.75, 3.05) is 18.0 Å². The Balaban J connectivity index is 1.89. The Bertz CT molecular complexity index is 439. The fourth-order valence-corrected chi connectivity index (χ4v) is 3.65. The standard InChI is InChI=1S/C15H20Cl2N2/c1-2-11-8-18-14(10-6-7-10)9-19(11)15-12(16)4-3-5-13(15)17/h3-5,10-11,14,18H,2,6-9H2,1H3. The van der Waals surface area contributed by atoms with Crippen molar-refractivity contribution in [3.05, 3.63) is 28.2 Å². The van der Waals surface area contributed by atoms with E-state index < -0.39 is 0 Å². The lowest BCUT2D eigenvalue weighted by Gasteiger charge is -2.42. The van der Waals surface area contributed by atoms with Gasteiger partial charge in [-0.25, -0.2) is 0 Å². The number of para-hydroxylation sites is 1. The van der Waals surface area contributed by atoms with Crippen LogP contribution < -0.4 is 10.2 Å². The lowest BCUT2D eigenvalue weighted by atomic mass is 10.0. The Kier molecular flexibility index (Phi) is 3.93. The molecule has 0 spiro atoms. The van der Waals surface area contributed by atoms with Gasteiger partial charge in [-0.1, -0.05) is 36.2 Å². The molecule has 0 bridgehead atoms. The van der Waals surface area contributed by atoms with E-state index in [0.29, 0.717) is 12.1 Å². The highest BCUT2D eigenvalue weighted by Gasteiger charge is 2.37. The van der Waals surface area contributed by atoms with Crippen molar-refractivity contribution >= 4 is 28.9 Å². The minimum Gasteiger partial charge on any atom is -0.363 e. The fourth-order valence-electron chi connectivity index (χ4n) is 3.04. The number of hydrogen-bond donors (Lipinski definition) is 1. The van der Waals surface area contributed by atoms with E-state index in [2.05, 4.69) is 17.1 Å². The third-order valence-corrected chi connectivity index (χ3v) is 4.95. The molecule has 2 unspecified atom stereocenters. The number of nitrogens with one attached hydrogen (secondary N) is 1. The second-order valence-corrected chi connectivity index (χ2v) is 6.45. The van der Waals surface area contributed by atoms with Gasteiger partial charge in [0.05, 0.1) is 15.7 Å². The number of benzene rings is 1. The van der Waals surface area contributed by atoms with E-state index in [9.17, 15) is 0 Å². The van der Waals surface area contributed by atoms with Crippen LogP contribution in [0.5, 0.6) is 0 Å². The number of halogens is 2. The molecule has 2 nitrogen and oxygen atoms in total. The fraction of sp³-hybridized carbons (Fsp3) is 0.600. The molecular formula is C15H20Cl2N2. The summed E-state index contributed by atoms with van der Waals surface area (Å²) in [6, 6.07) is 6.85. The zero-order chi connectivity index (χ0) is 13.4. The van der Waals surface area contributed by atoms with Crippen LogP contribution in [0.1, 0.15) is 26.2 Å². The number of rotatable bonds is 3. The summed E-state index contributed by atoms with van der Waals surface area (Å²) in [5, 5.41) is 5.23. The molecule has 1 aliphatic carbocycles. The van der Waals surface area contributed by atoms with Gasteiger partial charge in [-0.3, -0.25) is 0 Å². The molecule has 1 saturated heterocycles. The van der Waals surface area contributed by atoms with Crippen molar-refractivity contribution in [1.82, 2.24) is 5.32 Å². The maximum absolute atomic E-state index is 6.38. The predicted octanol–water partition coefficient (Wildman–Crippen LogP) is 3.96. The average molecular weight is 299 g/mol. The van der Waals surface area contributed by atoms with Crippen molar-refractivity contribution in [1.29, 1.82) is 0 Å². The number of nitrogens with zero attached hydrogens (tertiary/aromatic N) is 1. The van der Waals surface area contributed by atoms with Crippen LogP contribution in [0.25, 0.3) is 0 Å². The molecule has 1 aliphatic heterocycles. The van der Waals surface area contributed by atoms with Crippen molar-refractivity contribution in [3.63, 3.8) is 0 Å². The molecular weight excluding hydrogens is 279 g/mol. The number of hydrogen-bond acceptors (Lipinski definition) is 2. The van der Waals surface area contributed by atoms with Gasteiger partial charge in [-0.05, 0) is 37.3 Å². The first kappa shape index (κ1) is 13.5. The van der Waals surface area contributed by atoms with Gasteiger partial charge in [-0.15, -0.1) is 0 Å². The Morgan fingerprint density at radius 1 is 1.26 bits per heavy atom. The highest BCUT2D eigenvalue weighted by Crippen LogP contribution is 2.39. The van der Waals surface area contributed by atoms with E-state index in [1.54, 1.807) is 0 Å². The third-order valence-electron chi connectivity index (χ3n) is 4.34. The van der Waals surface area contributed by atoms with Crippen molar-refractivity contribution in [2.24, 2.45) is 5.92 Å². The molecule has 1 N–H and O–H groups in total. The zero-order valence-corrected chi connectivity index (χ0v) is 12.7. The van der Waals surface area contributed by atoms with E-state index in [0.717, 1.165) is 41.2 Å². The van der Waals surface area contributed by atoms with Gasteiger partial charge in [0, 0.05) is 25.2 Å². The summed E-state index contributed by atoms with van der Waals surface area (Å²) >= 11 is 12.8. The molecule has 1 aromatic carbocycles. The van der Waals surface area contributed by atoms with E-state index in [-0.39, 0.29) is 0 Å². The minimum absolute atomic E-state index is 0.479. The molecule has 2 aliphatic rings. The maximum atomic E-state index is 6.38. The van der Waals surface area contributed by atoms with Crippen molar-refractivity contribution in [2.45, 2.75) is 38.3 Å². The van der Waals surface area contributed by atoms with Gasteiger partial charge < -0.3 is 10.2 Å². The molecule has 2 fully saturated rings. The molecule has 1 aromatic rings. The van der Waals surface area contributed by atoms with Crippen LogP contribution in [0.4, 0.5) is 5.69 Å². The van der Waals surface area contributed by atoms with E-state index >= 15 is 0 Å². The Hall–Kier alpha value is -0.440. The van der Waals surface area contributed by atoms with Crippen LogP contribution >= 0.6 is 23.2 Å². The molecule has 0 amide bonds. The van der Waals surface area contributed by atoms with Gasteiger partial charge in [0.25, 0.3) is 0 Å². The Morgan fingerprint density at radius 3 is 2.53 bits per heavy atom. The molecule has 2 atom stereocenters. The maximum Gasteiger partial charge on any atom is 0.0748 e. The molecule has 0 radical (unpaired) electrons. The SMILES string of the molecule is CCC1CNC(C2CC2)CN1c1c(Cl)cccc1Cl. The smallest absolute Gasteiger partial charge is 0.0748 e. The highest BCUT2D eigenvalue weighted by atomic mass is 35.5. The van der Waals surface area contributed by atoms with Crippen LogP contribution in [-0.2, 0) is 0 Å². The summed E-state index contributed by atoms with van der Waals surface area (Å²) in [5.41, 5.74) is 1.02. The van der Waals surface area contributed by atoms with E-state index in [1.165, 1.54) is 12.8 Å². The quantitative estimate of drug-likeness (QED) is 0.909. The first-order chi connectivity index (χ1) is 9.20. The Labute approximate surface area is 125 Å². The summed E-state index contributed by atoms with van der Waals surface area (Å²) in [4.78, 5) is 2.42. The van der Waals surface area contributed by atoms with Gasteiger partial charge in [-0.2, -0.15) is 0 Å². The summed E-state index contributed by atoms with van der Waals surface area (Å²) in [5.74, 6) is 0.849. The highest BCUT2D eigenvalue weighted by molar-refractivity contribution is 6.39. The largest absolute Gasteiger partial charge is 0.363 e. The van der Waals surface area contributed by atoms with Gasteiger partial charge in [0.1, 0.15) is 0 Å². The first-order valence-corrected chi connectivity index (χ1v) is 7.90. The van der Waals surface area contributed by atoms with Crippen LogP contribution in [0.2, 0.25) is 10.0 Å². The molecule has 1 saturated carbocycles. The number of anilines is 1. The normalized spacial score (nSPS) is 27.6. The van der Waals surface area contributed by atoms with Crippen LogP contribution in [-0.4, -0.2) is 25.2 Å². The second-order valence-electron chi connectivity index (χ2n) is 5.64. The summed E-state index contributed by atoms with van der Waals surface area (Å²) in [6.45, 7) is 4.27. The van der Waals surface area contributed by atoms with Crippen molar-refractivity contribution < 1.29 is 0 Å². The van der Waals surface area contributed by atoms with E-state index in [1.807, 2.05) is 18.2 Å². The minimum atomic E-state index is 0.479. The van der Waals surface area contributed by atoms with E-state index in [4.69, 9.17) is 23.2 Å². The zero-order valence-electron chi connectivity index (χ0n) is 11.2. The molecule has 104 valence electrons. The van der Waals surface area contributed by atoms with Gasteiger partial charge in [0.2, 0.25) is 0 Å². The summed E-state index contributed by atoms with van der Waals surface area (Å²) in [7, 11) is 0. The topological polar surface area (TPSA) is 15.3 Å². The monoisotopic (exact) mass is 298 g/mol. The Morgan fingerprint density at radius 2 is 1.95 bits per heavy atom. The summed E-state index contributed by atoms with van der Waals surface area (Å²) < 4.78 is 0. The van der Waals surface area contributed by atoms with Crippen LogP contribution in [0.15, 0.2) is 18.2 Å². The lowest BCUT2D eigenvalue weighted by Crippen LogP contribution is -2.57. The lowest BCUT2D eigenvalue weighted by molar-refractivity contribution is 0.360. The molecule has 4 heteroatoms. The molecule has 19 heavy (non-hydrogen) atoms. The third kappa shape index (κ3) is 2.72.